The van der Waals surface area contributed by atoms with Crippen molar-refractivity contribution in [3.05, 3.63) is 41.0 Å². The van der Waals surface area contributed by atoms with Crippen molar-refractivity contribution in [1.82, 2.24) is 9.97 Å². The van der Waals surface area contributed by atoms with E-state index in [2.05, 4.69) is 9.97 Å². The minimum atomic E-state index is -1.01. The fourth-order valence-corrected chi connectivity index (χ4v) is 2.96. The van der Waals surface area contributed by atoms with E-state index in [0.717, 1.165) is 0 Å². The summed E-state index contributed by atoms with van der Waals surface area (Å²) in [4.78, 5) is 31.9. The fraction of sp³-hybridized carbons (Fsp3) is 0.450. The second-order valence-electron chi connectivity index (χ2n) is 7.57. The average molecular weight is 388 g/mol. The number of hydrogen-bond donors (Lipinski definition) is 2. The summed E-state index contributed by atoms with van der Waals surface area (Å²) in [6, 6.07) is 5.04. The number of imidazole rings is 1. The molecule has 1 aromatic carbocycles. The molecule has 2 heterocycles. The molecule has 1 aliphatic rings. The number of ether oxygens (including phenoxy) is 3. The number of carbonyl (C=O) groups is 2. The van der Waals surface area contributed by atoms with E-state index >= 15 is 0 Å². The maximum atomic E-state index is 12.6. The van der Waals surface area contributed by atoms with Gasteiger partial charge in [-0.2, -0.15) is 0 Å². The molecule has 2 aromatic rings. The summed E-state index contributed by atoms with van der Waals surface area (Å²) < 4.78 is 16.1. The second-order valence-corrected chi connectivity index (χ2v) is 7.57. The van der Waals surface area contributed by atoms with Gasteiger partial charge in [0.2, 0.25) is 6.79 Å². The van der Waals surface area contributed by atoms with Crippen LogP contribution in [0.15, 0.2) is 18.2 Å². The van der Waals surface area contributed by atoms with E-state index < -0.39 is 23.5 Å². The topological polar surface area (TPSA) is 111 Å². The number of rotatable bonds is 6. The van der Waals surface area contributed by atoms with Gasteiger partial charge in [-0.15, -0.1) is 0 Å². The van der Waals surface area contributed by atoms with E-state index in [0.29, 0.717) is 35.0 Å². The molecule has 0 aliphatic carbocycles. The maximum Gasteiger partial charge on any atom is 0.359 e. The first-order valence-electron chi connectivity index (χ1n) is 9.11. The zero-order chi connectivity index (χ0) is 20.5. The fourth-order valence-electron chi connectivity index (χ4n) is 2.96. The largest absolute Gasteiger partial charge is 0.481 e. The number of benzene rings is 1. The van der Waals surface area contributed by atoms with Crippen LogP contribution < -0.4 is 9.47 Å². The number of nitrogens with zero attached hydrogens (tertiary/aromatic N) is 1. The van der Waals surface area contributed by atoms with Gasteiger partial charge in [0.25, 0.3) is 0 Å². The van der Waals surface area contributed by atoms with Crippen molar-refractivity contribution < 1.29 is 28.9 Å². The number of aromatic amines is 1. The number of carbonyl (C=O) groups excluding carboxylic acids is 1. The molecule has 1 unspecified atom stereocenters. The average Bonchev–Trinajstić information content (AvgIpc) is 3.23. The summed E-state index contributed by atoms with van der Waals surface area (Å²) in [6.45, 7) is 7.31. The van der Waals surface area contributed by atoms with Crippen LogP contribution in [0.2, 0.25) is 0 Å². The summed E-state index contributed by atoms with van der Waals surface area (Å²) in [7, 11) is 0. The van der Waals surface area contributed by atoms with E-state index in [9.17, 15) is 14.7 Å². The molecule has 0 spiro atoms. The van der Waals surface area contributed by atoms with Gasteiger partial charge in [-0.1, -0.05) is 13.0 Å². The van der Waals surface area contributed by atoms with Crippen LogP contribution >= 0.6 is 0 Å². The lowest BCUT2D eigenvalue weighted by Gasteiger charge is -2.19. The van der Waals surface area contributed by atoms with Crippen LogP contribution in [0.5, 0.6) is 11.5 Å². The Balaban J connectivity index is 1.92. The van der Waals surface area contributed by atoms with Crippen molar-refractivity contribution in [3.8, 4) is 11.5 Å². The lowest BCUT2D eigenvalue weighted by atomic mass is 9.93. The minimum absolute atomic E-state index is 0.0660. The number of aromatic nitrogens is 2. The molecule has 28 heavy (non-hydrogen) atoms. The molecule has 0 fully saturated rings. The zero-order valence-corrected chi connectivity index (χ0v) is 16.4. The Morgan fingerprint density at radius 1 is 1.29 bits per heavy atom. The third-order valence-corrected chi connectivity index (χ3v) is 4.26. The Kier molecular flexibility index (Phi) is 5.31. The highest BCUT2D eigenvalue weighted by Gasteiger charge is 2.29. The summed E-state index contributed by atoms with van der Waals surface area (Å²) in [5.74, 6) is -0.784. The quantitative estimate of drug-likeness (QED) is 0.732. The maximum absolute atomic E-state index is 12.6. The van der Waals surface area contributed by atoms with E-state index in [1.54, 1.807) is 39.0 Å². The third kappa shape index (κ3) is 4.27. The van der Waals surface area contributed by atoms with Crippen molar-refractivity contribution in [2.24, 2.45) is 0 Å². The van der Waals surface area contributed by atoms with Gasteiger partial charge in [0.1, 0.15) is 11.4 Å². The number of nitrogens with one attached hydrogen (secondary N) is 1. The van der Waals surface area contributed by atoms with Crippen LogP contribution in [0, 0.1) is 0 Å². The number of carboxylic acids is 1. The van der Waals surface area contributed by atoms with Gasteiger partial charge in [-0.05, 0) is 38.5 Å². The molecule has 2 N–H and O–H groups in total. The second kappa shape index (κ2) is 7.53. The van der Waals surface area contributed by atoms with E-state index in [-0.39, 0.29) is 18.9 Å². The van der Waals surface area contributed by atoms with Crippen LogP contribution in [0.4, 0.5) is 0 Å². The van der Waals surface area contributed by atoms with Gasteiger partial charge in [0.15, 0.2) is 17.2 Å². The number of carboxylic acid groups (broad SMARTS) is 1. The van der Waals surface area contributed by atoms with Crippen molar-refractivity contribution in [1.29, 1.82) is 0 Å². The highest BCUT2D eigenvalue weighted by Crippen LogP contribution is 2.35. The predicted octanol–water partition coefficient (Wildman–Crippen LogP) is 3.07. The van der Waals surface area contributed by atoms with Crippen molar-refractivity contribution in [3.63, 3.8) is 0 Å². The normalized spacial score (nSPS) is 14.0. The van der Waals surface area contributed by atoms with Crippen molar-refractivity contribution in [2.45, 2.75) is 52.1 Å². The molecule has 1 atom stereocenters. The number of fused-ring (bicyclic) bond motifs is 1. The molecule has 0 radical (unpaired) electrons. The van der Waals surface area contributed by atoms with Gasteiger partial charge >= 0.3 is 11.9 Å². The zero-order valence-electron chi connectivity index (χ0n) is 16.4. The van der Waals surface area contributed by atoms with Gasteiger partial charge in [-0.3, -0.25) is 4.79 Å². The molecular weight excluding hydrogens is 364 g/mol. The molecular formula is C20H24N2O6. The number of aryl methyl sites for hydroxylation is 1. The van der Waals surface area contributed by atoms with Crippen LogP contribution in [0.3, 0.4) is 0 Å². The van der Waals surface area contributed by atoms with Crippen molar-refractivity contribution in [2.75, 3.05) is 6.79 Å². The van der Waals surface area contributed by atoms with E-state index in [1.807, 2.05) is 6.92 Å². The number of aliphatic carboxylic acids is 1. The summed E-state index contributed by atoms with van der Waals surface area (Å²) >= 11 is 0. The molecule has 1 aromatic heterocycles. The first-order chi connectivity index (χ1) is 13.2. The molecule has 8 heteroatoms. The van der Waals surface area contributed by atoms with Crippen LogP contribution in [0.25, 0.3) is 0 Å². The van der Waals surface area contributed by atoms with Crippen LogP contribution in [0.1, 0.15) is 61.2 Å². The highest BCUT2D eigenvalue weighted by atomic mass is 16.7. The molecule has 0 bridgehead atoms. The smallest absolute Gasteiger partial charge is 0.359 e. The Labute approximate surface area is 162 Å². The summed E-state index contributed by atoms with van der Waals surface area (Å²) in [5, 5.41) is 9.79. The monoisotopic (exact) mass is 388 g/mol. The summed E-state index contributed by atoms with van der Waals surface area (Å²) in [6.07, 6.45) is 0.647. The molecule has 0 saturated carbocycles. The predicted molar refractivity (Wildman–Crippen MR) is 99.8 cm³/mol. The lowest BCUT2D eigenvalue weighted by molar-refractivity contribution is -0.138. The van der Waals surface area contributed by atoms with Gasteiger partial charge in [-0.25, -0.2) is 9.78 Å². The molecule has 1 aliphatic heterocycles. The SMILES string of the molecule is CCc1nc(C(=O)OC(C)(C)C)c(CC(C(=O)O)c2ccc3c(c2)OCO3)[nH]1. The van der Waals surface area contributed by atoms with E-state index in [4.69, 9.17) is 14.2 Å². The number of H-pyrrole nitrogens is 1. The van der Waals surface area contributed by atoms with Crippen molar-refractivity contribution >= 4 is 11.9 Å². The minimum Gasteiger partial charge on any atom is -0.481 e. The molecule has 8 nitrogen and oxygen atoms in total. The first-order valence-corrected chi connectivity index (χ1v) is 9.11. The van der Waals surface area contributed by atoms with Gasteiger partial charge in [0, 0.05) is 12.8 Å². The number of hydrogen-bond acceptors (Lipinski definition) is 6. The van der Waals surface area contributed by atoms with Gasteiger partial charge in [0.05, 0.1) is 11.6 Å². The van der Waals surface area contributed by atoms with Crippen LogP contribution in [-0.2, 0) is 22.4 Å². The third-order valence-electron chi connectivity index (χ3n) is 4.26. The van der Waals surface area contributed by atoms with Crippen LogP contribution in [-0.4, -0.2) is 39.4 Å². The highest BCUT2D eigenvalue weighted by molar-refractivity contribution is 5.89. The molecule has 0 saturated heterocycles. The van der Waals surface area contributed by atoms with Gasteiger partial charge < -0.3 is 24.3 Å². The Morgan fingerprint density at radius 2 is 2.00 bits per heavy atom. The lowest BCUT2D eigenvalue weighted by Crippen LogP contribution is -2.25. The van der Waals surface area contributed by atoms with E-state index in [1.165, 1.54) is 0 Å². The Hall–Kier alpha value is -3.03. The Bertz CT molecular complexity index is 897. The molecule has 0 amide bonds. The first kappa shape index (κ1) is 19.7. The Morgan fingerprint density at radius 3 is 2.64 bits per heavy atom. The number of esters is 1. The summed E-state index contributed by atoms with van der Waals surface area (Å²) in [5.41, 5.74) is 0.443. The standard InChI is InChI=1S/C20H24N2O6/c1-5-16-21-13(17(22-16)19(25)28-20(2,3)4)9-12(18(23)24)11-6-7-14-15(8-11)27-10-26-14/h6-8,12H,5,9-10H2,1-4H3,(H,21,22)(H,23,24). The molecule has 3 rings (SSSR count). The molecule has 150 valence electrons.